The van der Waals surface area contributed by atoms with Crippen LogP contribution < -0.4 is 14.8 Å². The van der Waals surface area contributed by atoms with Gasteiger partial charge in [-0.1, -0.05) is 11.6 Å². The number of rotatable bonds is 8. The van der Waals surface area contributed by atoms with Gasteiger partial charge in [0, 0.05) is 12.1 Å². The van der Waals surface area contributed by atoms with E-state index in [0.29, 0.717) is 19.8 Å². The van der Waals surface area contributed by atoms with E-state index in [1.807, 2.05) is 52.8 Å². The van der Waals surface area contributed by atoms with E-state index in [1.54, 1.807) is 0 Å². The van der Waals surface area contributed by atoms with Gasteiger partial charge in [-0.25, -0.2) is 0 Å². The van der Waals surface area contributed by atoms with E-state index >= 15 is 0 Å². The molecule has 0 unspecified atom stereocenters. The molecule has 122 valence electrons. The Morgan fingerprint density at radius 1 is 1.05 bits per heavy atom. The first kappa shape index (κ1) is 18.1. The molecule has 0 heterocycles. The number of amides is 1. The Bertz CT molecular complexity index is 531. The van der Waals surface area contributed by atoms with E-state index in [2.05, 4.69) is 5.32 Å². The van der Waals surface area contributed by atoms with Crippen molar-refractivity contribution in [2.24, 2.45) is 0 Å². The Morgan fingerprint density at radius 3 is 2.27 bits per heavy atom. The summed E-state index contributed by atoms with van der Waals surface area (Å²) < 4.78 is 11.2. The highest BCUT2D eigenvalue weighted by Crippen LogP contribution is 2.28. The van der Waals surface area contributed by atoms with E-state index in [4.69, 9.17) is 9.47 Å². The Labute approximate surface area is 133 Å². The third-order valence-electron chi connectivity index (χ3n) is 3.40. The molecule has 0 fully saturated rings. The van der Waals surface area contributed by atoms with E-state index in [-0.39, 0.29) is 5.91 Å². The van der Waals surface area contributed by atoms with Gasteiger partial charge in [-0.2, -0.15) is 0 Å². The molecule has 0 saturated heterocycles. The Balaban J connectivity index is 2.65. The van der Waals surface area contributed by atoms with Crippen LogP contribution in [0.1, 0.15) is 40.2 Å². The smallest absolute Gasteiger partial charge is 0.246 e. The number of carbonyl (C=O) groups excluding carboxylic acids is 1. The molecule has 0 aromatic heterocycles. The summed E-state index contributed by atoms with van der Waals surface area (Å²) in [6, 6.07) is 5.91. The van der Waals surface area contributed by atoms with Crippen molar-refractivity contribution in [1.29, 1.82) is 0 Å². The summed E-state index contributed by atoms with van der Waals surface area (Å²) in [7, 11) is 0. The highest BCUT2D eigenvalue weighted by molar-refractivity contribution is 5.93. The van der Waals surface area contributed by atoms with Crippen LogP contribution in [0, 0.1) is 0 Å². The van der Waals surface area contributed by atoms with Crippen molar-refractivity contribution in [2.75, 3.05) is 19.8 Å². The minimum atomic E-state index is -0.00373. The van der Waals surface area contributed by atoms with Crippen LogP contribution in [-0.4, -0.2) is 25.7 Å². The maximum atomic E-state index is 11.9. The average molecular weight is 305 g/mol. The second-order valence-electron chi connectivity index (χ2n) is 5.28. The van der Waals surface area contributed by atoms with Gasteiger partial charge >= 0.3 is 0 Å². The molecule has 0 aliphatic carbocycles. The maximum Gasteiger partial charge on any atom is 0.246 e. The fraction of sp³-hybridized carbons (Fsp3) is 0.500. The van der Waals surface area contributed by atoms with E-state index in [0.717, 1.165) is 34.6 Å². The van der Waals surface area contributed by atoms with Gasteiger partial charge in [0.05, 0.1) is 13.2 Å². The van der Waals surface area contributed by atoms with Crippen LogP contribution in [0.5, 0.6) is 11.5 Å². The third kappa shape index (κ3) is 5.43. The molecule has 22 heavy (non-hydrogen) atoms. The third-order valence-corrected chi connectivity index (χ3v) is 3.40. The molecule has 1 aromatic carbocycles. The minimum Gasteiger partial charge on any atom is -0.490 e. The summed E-state index contributed by atoms with van der Waals surface area (Å²) in [6.45, 7) is 11.4. The van der Waals surface area contributed by atoms with Crippen LogP contribution in [0.15, 0.2) is 29.3 Å². The second kappa shape index (κ2) is 9.13. The lowest BCUT2D eigenvalue weighted by Crippen LogP contribution is -2.26. The molecule has 0 aliphatic heterocycles. The highest BCUT2D eigenvalue weighted by Gasteiger charge is 2.08. The standard InChI is InChI=1S/C18H27NO3/c1-6-21-16-9-8-15(12-17(16)22-7-2)10-11-19-18(20)14(5)13(3)4/h8-9,12H,6-7,10-11H2,1-5H3,(H,19,20). The molecule has 0 aliphatic rings. The molecule has 4 heteroatoms. The molecule has 1 amide bonds. The lowest BCUT2D eigenvalue weighted by Gasteiger charge is -2.13. The van der Waals surface area contributed by atoms with Crippen molar-refractivity contribution in [3.63, 3.8) is 0 Å². The molecular formula is C18H27NO3. The predicted octanol–water partition coefficient (Wildman–Crippen LogP) is 3.50. The monoisotopic (exact) mass is 305 g/mol. The Kier molecular flexibility index (Phi) is 7.50. The summed E-state index contributed by atoms with van der Waals surface area (Å²) >= 11 is 0. The number of hydrogen-bond acceptors (Lipinski definition) is 3. The first-order valence-corrected chi connectivity index (χ1v) is 7.80. The molecule has 1 N–H and O–H groups in total. The molecule has 0 radical (unpaired) electrons. The van der Waals surface area contributed by atoms with Gasteiger partial charge in [0.1, 0.15) is 0 Å². The Hall–Kier alpha value is -1.97. The van der Waals surface area contributed by atoms with E-state index < -0.39 is 0 Å². The number of ether oxygens (including phenoxy) is 2. The van der Waals surface area contributed by atoms with Crippen molar-refractivity contribution >= 4 is 5.91 Å². The number of carbonyl (C=O) groups is 1. The van der Waals surface area contributed by atoms with Crippen LogP contribution >= 0.6 is 0 Å². The van der Waals surface area contributed by atoms with Crippen molar-refractivity contribution in [3.8, 4) is 11.5 Å². The molecule has 4 nitrogen and oxygen atoms in total. The van der Waals surface area contributed by atoms with E-state index in [1.165, 1.54) is 0 Å². The lowest BCUT2D eigenvalue weighted by atomic mass is 10.1. The maximum absolute atomic E-state index is 11.9. The Morgan fingerprint density at radius 2 is 1.68 bits per heavy atom. The first-order chi connectivity index (χ1) is 10.5. The molecule has 1 rings (SSSR count). The van der Waals surface area contributed by atoms with Crippen LogP contribution in [0.25, 0.3) is 0 Å². The van der Waals surface area contributed by atoms with Gasteiger partial charge in [0.2, 0.25) is 5.91 Å². The topological polar surface area (TPSA) is 47.6 Å². The van der Waals surface area contributed by atoms with Gasteiger partial charge in [0.15, 0.2) is 11.5 Å². The molecule has 1 aromatic rings. The fourth-order valence-electron chi connectivity index (χ4n) is 1.93. The summed E-state index contributed by atoms with van der Waals surface area (Å²) in [6.07, 6.45) is 0.758. The number of benzene rings is 1. The molecular weight excluding hydrogens is 278 g/mol. The zero-order valence-electron chi connectivity index (χ0n) is 14.3. The molecule has 0 spiro atoms. The van der Waals surface area contributed by atoms with Crippen LogP contribution in [0.2, 0.25) is 0 Å². The van der Waals surface area contributed by atoms with Gasteiger partial charge in [-0.05, 0) is 58.7 Å². The normalized spacial score (nSPS) is 10.0. The molecule has 0 atom stereocenters. The number of allylic oxidation sites excluding steroid dienone is 1. The van der Waals surface area contributed by atoms with Crippen LogP contribution in [-0.2, 0) is 11.2 Å². The van der Waals surface area contributed by atoms with Crippen molar-refractivity contribution in [1.82, 2.24) is 5.32 Å². The van der Waals surface area contributed by atoms with Crippen LogP contribution in [0.4, 0.5) is 0 Å². The van der Waals surface area contributed by atoms with Gasteiger partial charge in [-0.15, -0.1) is 0 Å². The SMILES string of the molecule is CCOc1ccc(CCNC(=O)C(C)=C(C)C)cc1OCC. The van der Waals surface area contributed by atoms with E-state index in [9.17, 15) is 4.79 Å². The zero-order chi connectivity index (χ0) is 16.5. The lowest BCUT2D eigenvalue weighted by molar-refractivity contribution is -0.117. The second-order valence-corrected chi connectivity index (χ2v) is 5.28. The summed E-state index contributed by atoms with van der Waals surface area (Å²) in [5.41, 5.74) is 2.93. The zero-order valence-corrected chi connectivity index (χ0v) is 14.3. The largest absolute Gasteiger partial charge is 0.490 e. The van der Waals surface area contributed by atoms with Crippen molar-refractivity contribution < 1.29 is 14.3 Å². The first-order valence-electron chi connectivity index (χ1n) is 7.80. The van der Waals surface area contributed by atoms with Gasteiger partial charge in [-0.3, -0.25) is 4.79 Å². The van der Waals surface area contributed by atoms with Crippen molar-refractivity contribution in [3.05, 3.63) is 34.9 Å². The summed E-state index contributed by atoms with van der Waals surface area (Å²) in [5.74, 6) is 1.52. The average Bonchev–Trinajstić information content (AvgIpc) is 2.49. The quantitative estimate of drug-likeness (QED) is 0.748. The summed E-state index contributed by atoms with van der Waals surface area (Å²) in [5, 5.41) is 2.93. The highest BCUT2D eigenvalue weighted by atomic mass is 16.5. The van der Waals surface area contributed by atoms with Gasteiger partial charge in [0.25, 0.3) is 0 Å². The predicted molar refractivity (Wildman–Crippen MR) is 89.5 cm³/mol. The van der Waals surface area contributed by atoms with Gasteiger partial charge < -0.3 is 14.8 Å². The number of nitrogens with one attached hydrogen (secondary N) is 1. The summed E-state index contributed by atoms with van der Waals surface area (Å²) in [4.78, 5) is 11.9. The van der Waals surface area contributed by atoms with Crippen molar-refractivity contribution in [2.45, 2.75) is 41.0 Å². The minimum absolute atomic E-state index is 0.00373. The fourth-order valence-corrected chi connectivity index (χ4v) is 1.93. The molecule has 0 saturated carbocycles. The molecule has 0 bridgehead atoms. The van der Waals surface area contributed by atoms with Crippen LogP contribution in [0.3, 0.4) is 0 Å². The number of hydrogen-bond donors (Lipinski definition) is 1.